The van der Waals surface area contributed by atoms with Crippen molar-refractivity contribution in [3.05, 3.63) is 47.2 Å². The van der Waals surface area contributed by atoms with Crippen LogP contribution in [0.1, 0.15) is 34.4 Å². The Kier molecular flexibility index (Phi) is 5.27. The number of carbonyl (C=O) groups is 1. The van der Waals surface area contributed by atoms with Gasteiger partial charge >= 0.3 is 5.97 Å². The number of aryl methyl sites for hydroxylation is 3. The average Bonchev–Trinajstić information content (AvgIpc) is 2.47. The minimum Gasteiger partial charge on any atom is -0.478 e. The lowest BCUT2D eigenvalue weighted by Crippen LogP contribution is -2.09. The van der Waals surface area contributed by atoms with Crippen molar-refractivity contribution in [2.45, 2.75) is 31.7 Å². The van der Waals surface area contributed by atoms with E-state index in [0.717, 1.165) is 12.2 Å². The molecule has 1 N–H and O–H groups in total. The van der Waals surface area contributed by atoms with Crippen molar-refractivity contribution < 1.29 is 9.90 Å². The smallest absolute Gasteiger partial charge is 0.340 e. The fourth-order valence-corrected chi connectivity index (χ4v) is 3.01. The van der Waals surface area contributed by atoms with Gasteiger partial charge in [-0.15, -0.1) is 11.8 Å². The predicted octanol–water partition coefficient (Wildman–Crippen LogP) is 2.78. The maximum absolute atomic E-state index is 11.4. The van der Waals surface area contributed by atoms with Gasteiger partial charge in [-0.05, 0) is 31.0 Å². The fraction of sp³-hybridized carbons (Fsp3) is 0.333. The summed E-state index contributed by atoms with van der Waals surface area (Å²) >= 11 is 1.46. The Bertz CT molecular complexity index is 632. The van der Waals surface area contributed by atoms with Gasteiger partial charge in [0.1, 0.15) is 16.4 Å². The number of aromatic nitrogens is 3. The number of rotatable bonds is 6. The molecule has 0 aliphatic heterocycles. The van der Waals surface area contributed by atoms with Crippen LogP contribution in [0.25, 0.3) is 0 Å². The van der Waals surface area contributed by atoms with Crippen LogP contribution in [0.5, 0.6) is 0 Å². The first-order valence-electron chi connectivity index (χ1n) is 6.74. The molecule has 0 fully saturated rings. The molecule has 110 valence electrons. The summed E-state index contributed by atoms with van der Waals surface area (Å²) in [5, 5.41) is 9.88. The molecule has 0 aromatic carbocycles. The fourth-order valence-electron chi connectivity index (χ4n) is 1.93. The van der Waals surface area contributed by atoms with E-state index in [-0.39, 0.29) is 5.56 Å². The Labute approximate surface area is 127 Å². The topological polar surface area (TPSA) is 76.0 Å². The van der Waals surface area contributed by atoms with Gasteiger partial charge < -0.3 is 5.11 Å². The first-order chi connectivity index (χ1) is 10.1. The van der Waals surface area contributed by atoms with Gasteiger partial charge in [0.05, 0.1) is 5.69 Å². The Hall–Kier alpha value is -1.95. The van der Waals surface area contributed by atoms with Crippen LogP contribution in [-0.4, -0.2) is 31.8 Å². The summed E-state index contributed by atoms with van der Waals surface area (Å²) < 4.78 is 0. The van der Waals surface area contributed by atoms with E-state index in [1.54, 1.807) is 19.3 Å². The van der Waals surface area contributed by atoms with E-state index in [1.807, 2.05) is 19.1 Å². The first kappa shape index (κ1) is 15.4. The summed E-state index contributed by atoms with van der Waals surface area (Å²) in [7, 11) is 0. The van der Waals surface area contributed by atoms with Crippen molar-refractivity contribution in [1.29, 1.82) is 0 Å². The predicted molar refractivity (Wildman–Crippen MR) is 81.8 cm³/mol. The molecular formula is C15H17N3O2S. The molecule has 0 unspecified atom stereocenters. The van der Waals surface area contributed by atoms with E-state index in [1.165, 1.54) is 17.3 Å². The number of pyridine rings is 1. The highest BCUT2D eigenvalue weighted by atomic mass is 32.2. The van der Waals surface area contributed by atoms with Gasteiger partial charge in [0.15, 0.2) is 0 Å². The lowest BCUT2D eigenvalue weighted by atomic mass is 10.2. The van der Waals surface area contributed by atoms with Crippen LogP contribution in [0.15, 0.2) is 29.6 Å². The summed E-state index contributed by atoms with van der Waals surface area (Å²) in [4.78, 5) is 23.9. The molecule has 0 amide bonds. The summed E-state index contributed by atoms with van der Waals surface area (Å²) in [6, 6.07) is 3.92. The third-order valence-electron chi connectivity index (χ3n) is 3.01. The van der Waals surface area contributed by atoms with Gasteiger partial charge in [0.25, 0.3) is 0 Å². The van der Waals surface area contributed by atoms with E-state index in [4.69, 9.17) is 0 Å². The molecular weight excluding hydrogens is 286 g/mol. The Morgan fingerprint density at radius 2 is 2.00 bits per heavy atom. The molecule has 2 rings (SSSR count). The second-order valence-corrected chi connectivity index (χ2v) is 5.60. The zero-order valence-corrected chi connectivity index (χ0v) is 12.9. The maximum atomic E-state index is 11.4. The summed E-state index contributed by atoms with van der Waals surface area (Å²) in [5.74, 6) is 0.481. The Balaban J connectivity index is 2.14. The minimum atomic E-state index is -0.971. The van der Waals surface area contributed by atoms with Crippen LogP contribution in [0, 0.1) is 6.92 Å². The summed E-state index contributed by atoms with van der Waals surface area (Å²) in [6.45, 7) is 3.68. The molecule has 2 aromatic heterocycles. The van der Waals surface area contributed by atoms with E-state index in [9.17, 15) is 9.90 Å². The summed E-state index contributed by atoms with van der Waals surface area (Å²) in [5.41, 5.74) is 1.92. The van der Waals surface area contributed by atoms with Gasteiger partial charge in [-0.25, -0.2) is 14.8 Å². The lowest BCUT2D eigenvalue weighted by Gasteiger charge is -2.09. The standard InChI is InChI=1S/C15H17N3O2S/c1-3-12-17-10(2)13(15(19)20)14(18-12)21-9-6-11-4-7-16-8-5-11/h4-5,7-8H,3,6,9H2,1-2H3,(H,19,20). The lowest BCUT2D eigenvalue weighted by molar-refractivity contribution is 0.0690. The van der Waals surface area contributed by atoms with Crippen molar-refractivity contribution in [2.24, 2.45) is 0 Å². The second-order valence-electron chi connectivity index (χ2n) is 4.52. The highest BCUT2D eigenvalue weighted by molar-refractivity contribution is 7.99. The van der Waals surface area contributed by atoms with E-state index >= 15 is 0 Å². The number of hydrogen-bond donors (Lipinski definition) is 1. The third kappa shape index (κ3) is 4.01. The number of nitrogens with zero attached hydrogens (tertiary/aromatic N) is 3. The molecule has 0 aliphatic rings. The minimum absolute atomic E-state index is 0.215. The normalized spacial score (nSPS) is 10.6. The van der Waals surface area contributed by atoms with Crippen LogP contribution in [-0.2, 0) is 12.8 Å². The molecule has 0 saturated carbocycles. The zero-order chi connectivity index (χ0) is 15.2. The molecule has 0 spiro atoms. The van der Waals surface area contributed by atoms with Gasteiger partial charge in [-0.2, -0.15) is 0 Å². The molecule has 0 saturated heterocycles. The number of aromatic carboxylic acids is 1. The molecule has 2 aromatic rings. The molecule has 0 atom stereocenters. The van der Waals surface area contributed by atoms with Crippen molar-refractivity contribution in [3.8, 4) is 0 Å². The number of carboxylic acid groups (broad SMARTS) is 1. The Morgan fingerprint density at radius 1 is 1.29 bits per heavy atom. The molecule has 6 heteroatoms. The largest absolute Gasteiger partial charge is 0.478 e. The number of thioether (sulfide) groups is 1. The van der Waals surface area contributed by atoms with Crippen molar-refractivity contribution in [1.82, 2.24) is 15.0 Å². The van der Waals surface area contributed by atoms with Crippen molar-refractivity contribution in [2.75, 3.05) is 5.75 Å². The molecule has 2 heterocycles. The molecule has 0 bridgehead atoms. The van der Waals surface area contributed by atoms with Gasteiger partial charge in [-0.1, -0.05) is 6.92 Å². The third-order valence-corrected chi connectivity index (χ3v) is 3.99. The average molecular weight is 303 g/mol. The summed E-state index contributed by atoms with van der Waals surface area (Å²) in [6.07, 6.45) is 5.05. The Morgan fingerprint density at radius 3 is 2.62 bits per heavy atom. The highest BCUT2D eigenvalue weighted by Crippen LogP contribution is 2.24. The van der Waals surface area contributed by atoms with Crippen LogP contribution >= 0.6 is 11.8 Å². The second kappa shape index (κ2) is 7.17. The quantitative estimate of drug-likeness (QED) is 0.653. The molecule has 0 radical (unpaired) electrons. The van der Waals surface area contributed by atoms with Gasteiger partial charge in [0, 0.05) is 24.6 Å². The molecule has 5 nitrogen and oxygen atoms in total. The zero-order valence-electron chi connectivity index (χ0n) is 12.0. The number of hydrogen-bond acceptors (Lipinski definition) is 5. The van der Waals surface area contributed by atoms with E-state index < -0.39 is 5.97 Å². The van der Waals surface area contributed by atoms with Gasteiger partial charge in [-0.3, -0.25) is 4.98 Å². The monoisotopic (exact) mass is 303 g/mol. The maximum Gasteiger partial charge on any atom is 0.340 e. The van der Waals surface area contributed by atoms with Crippen molar-refractivity contribution in [3.63, 3.8) is 0 Å². The van der Waals surface area contributed by atoms with E-state index in [0.29, 0.717) is 23.0 Å². The highest BCUT2D eigenvalue weighted by Gasteiger charge is 2.17. The number of carboxylic acids is 1. The van der Waals surface area contributed by atoms with Gasteiger partial charge in [0.2, 0.25) is 0 Å². The van der Waals surface area contributed by atoms with Crippen LogP contribution in [0.2, 0.25) is 0 Å². The van der Waals surface area contributed by atoms with Crippen LogP contribution < -0.4 is 0 Å². The van der Waals surface area contributed by atoms with Crippen molar-refractivity contribution >= 4 is 17.7 Å². The van der Waals surface area contributed by atoms with Crippen LogP contribution in [0.4, 0.5) is 0 Å². The van der Waals surface area contributed by atoms with E-state index in [2.05, 4.69) is 15.0 Å². The molecule has 21 heavy (non-hydrogen) atoms. The van der Waals surface area contributed by atoms with Crippen LogP contribution in [0.3, 0.4) is 0 Å². The molecule has 0 aliphatic carbocycles. The first-order valence-corrected chi connectivity index (χ1v) is 7.73. The SMILES string of the molecule is CCc1nc(C)c(C(=O)O)c(SCCc2ccncc2)n1.